The van der Waals surface area contributed by atoms with Crippen LogP contribution in [0.5, 0.6) is 0 Å². The molecule has 1 aromatic rings. The molecule has 1 saturated heterocycles. The van der Waals surface area contributed by atoms with E-state index in [0.717, 1.165) is 23.3 Å². The van der Waals surface area contributed by atoms with Crippen molar-refractivity contribution in [3.63, 3.8) is 0 Å². The molecule has 0 radical (unpaired) electrons. The maximum absolute atomic E-state index is 13.0. The fourth-order valence-electron chi connectivity index (χ4n) is 3.08. The highest BCUT2D eigenvalue weighted by Crippen LogP contribution is 2.33. The number of benzene rings is 1. The van der Waals surface area contributed by atoms with Gasteiger partial charge in [0.2, 0.25) is 5.91 Å². The van der Waals surface area contributed by atoms with E-state index < -0.39 is 11.6 Å². The van der Waals surface area contributed by atoms with Crippen LogP contribution in [0.25, 0.3) is 0 Å². The van der Waals surface area contributed by atoms with Gasteiger partial charge in [-0.2, -0.15) is 0 Å². The first-order valence-electron chi connectivity index (χ1n) is 8.87. The van der Waals surface area contributed by atoms with Crippen LogP contribution in [0.2, 0.25) is 0 Å². The second-order valence-corrected chi connectivity index (χ2v) is 6.88. The van der Waals surface area contributed by atoms with Crippen LogP contribution >= 0.6 is 0 Å². The standard InChI is InChI=1S/C19H27N3O3/c1-4-11-19(15-8-6-5-7-9-15)17(24)22(18(25)21-19)13-16(23)20-12-10-14(2)3/h5-9,14H,4,10-13H2,1-3H3,(H,20,23)(H,21,25)/t19-/m0/s1. The summed E-state index contributed by atoms with van der Waals surface area (Å²) in [5.41, 5.74) is -0.330. The summed E-state index contributed by atoms with van der Waals surface area (Å²) in [7, 11) is 0. The zero-order valence-electron chi connectivity index (χ0n) is 15.2. The maximum atomic E-state index is 13.0. The van der Waals surface area contributed by atoms with Gasteiger partial charge in [-0.05, 0) is 24.3 Å². The summed E-state index contributed by atoms with van der Waals surface area (Å²) in [5, 5.41) is 5.59. The van der Waals surface area contributed by atoms with Crippen LogP contribution in [0.15, 0.2) is 30.3 Å². The highest BCUT2D eigenvalue weighted by molar-refractivity contribution is 6.09. The number of nitrogens with one attached hydrogen (secondary N) is 2. The Labute approximate surface area is 149 Å². The van der Waals surface area contributed by atoms with Crippen molar-refractivity contribution >= 4 is 17.8 Å². The normalized spacial score (nSPS) is 20.1. The van der Waals surface area contributed by atoms with E-state index in [1.165, 1.54) is 0 Å². The Bertz CT molecular complexity index is 630. The molecule has 6 heteroatoms. The Morgan fingerprint density at radius 1 is 1.24 bits per heavy atom. The van der Waals surface area contributed by atoms with Crippen molar-refractivity contribution in [3.8, 4) is 0 Å². The predicted octanol–water partition coefficient (Wildman–Crippen LogP) is 2.40. The van der Waals surface area contributed by atoms with E-state index in [9.17, 15) is 14.4 Å². The fraction of sp³-hybridized carbons (Fsp3) is 0.526. The van der Waals surface area contributed by atoms with Crippen LogP contribution in [0, 0.1) is 5.92 Å². The molecule has 1 aromatic carbocycles. The number of nitrogens with zero attached hydrogens (tertiary/aromatic N) is 1. The summed E-state index contributed by atoms with van der Waals surface area (Å²) in [5.74, 6) is -0.193. The molecule has 0 aliphatic carbocycles. The van der Waals surface area contributed by atoms with Crippen LogP contribution in [-0.2, 0) is 15.1 Å². The van der Waals surface area contributed by atoms with Gasteiger partial charge < -0.3 is 10.6 Å². The third-order valence-electron chi connectivity index (χ3n) is 4.41. The van der Waals surface area contributed by atoms with Gasteiger partial charge in [0.25, 0.3) is 5.91 Å². The van der Waals surface area contributed by atoms with Gasteiger partial charge in [0.1, 0.15) is 12.1 Å². The fourth-order valence-corrected chi connectivity index (χ4v) is 3.08. The van der Waals surface area contributed by atoms with Crippen LogP contribution < -0.4 is 10.6 Å². The van der Waals surface area contributed by atoms with Crippen molar-refractivity contribution in [1.29, 1.82) is 0 Å². The van der Waals surface area contributed by atoms with Crippen molar-refractivity contribution < 1.29 is 14.4 Å². The molecule has 6 nitrogen and oxygen atoms in total. The zero-order valence-corrected chi connectivity index (χ0v) is 15.2. The lowest BCUT2D eigenvalue weighted by Gasteiger charge is -2.26. The van der Waals surface area contributed by atoms with Crippen LogP contribution in [-0.4, -0.2) is 35.8 Å². The van der Waals surface area contributed by atoms with Gasteiger partial charge in [-0.25, -0.2) is 4.79 Å². The van der Waals surface area contributed by atoms with Crippen molar-refractivity contribution in [3.05, 3.63) is 35.9 Å². The topological polar surface area (TPSA) is 78.5 Å². The predicted molar refractivity (Wildman–Crippen MR) is 95.7 cm³/mol. The average molecular weight is 345 g/mol. The van der Waals surface area contributed by atoms with Crippen molar-refractivity contribution in [2.24, 2.45) is 5.92 Å². The summed E-state index contributed by atoms with van der Waals surface area (Å²) in [4.78, 5) is 38.5. The number of hydrogen-bond acceptors (Lipinski definition) is 3. The molecule has 2 rings (SSSR count). The van der Waals surface area contributed by atoms with Gasteiger partial charge in [-0.3, -0.25) is 14.5 Å². The number of hydrogen-bond donors (Lipinski definition) is 2. The lowest BCUT2D eigenvalue weighted by Crippen LogP contribution is -2.45. The van der Waals surface area contributed by atoms with Gasteiger partial charge in [-0.15, -0.1) is 0 Å². The smallest absolute Gasteiger partial charge is 0.325 e. The first-order chi connectivity index (χ1) is 11.9. The molecule has 0 spiro atoms. The molecular formula is C19H27N3O3. The third-order valence-corrected chi connectivity index (χ3v) is 4.41. The number of carbonyl (C=O) groups excluding carboxylic acids is 3. The van der Waals surface area contributed by atoms with Crippen molar-refractivity contribution in [1.82, 2.24) is 15.5 Å². The molecule has 4 amide bonds. The van der Waals surface area contributed by atoms with E-state index in [-0.39, 0.29) is 18.4 Å². The summed E-state index contributed by atoms with van der Waals surface area (Å²) < 4.78 is 0. The highest BCUT2D eigenvalue weighted by atomic mass is 16.2. The molecule has 1 heterocycles. The highest BCUT2D eigenvalue weighted by Gasteiger charge is 2.52. The quantitative estimate of drug-likeness (QED) is 0.710. The molecule has 0 saturated carbocycles. The Kier molecular flexibility index (Phi) is 6.17. The summed E-state index contributed by atoms with van der Waals surface area (Å²) in [6.45, 7) is 6.40. The van der Waals surface area contributed by atoms with E-state index in [1.807, 2.05) is 37.3 Å². The van der Waals surface area contributed by atoms with E-state index in [1.54, 1.807) is 0 Å². The minimum Gasteiger partial charge on any atom is -0.355 e. The molecule has 1 aliphatic rings. The molecule has 2 N–H and O–H groups in total. The molecule has 1 aliphatic heterocycles. The van der Waals surface area contributed by atoms with E-state index >= 15 is 0 Å². The van der Waals surface area contributed by atoms with Crippen LogP contribution in [0.4, 0.5) is 4.79 Å². The lowest BCUT2D eigenvalue weighted by molar-refractivity contribution is -0.135. The van der Waals surface area contributed by atoms with Gasteiger partial charge in [0.05, 0.1) is 0 Å². The van der Waals surface area contributed by atoms with Crippen molar-refractivity contribution in [2.45, 2.75) is 45.6 Å². The minimum absolute atomic E-state index is 0.249. The van der Waals surface area contributed by atoms with Crippen LogP contribution in [0.3, 0.4) is 0 Å². The summed E-state index contributed by atoms with van der Waals surface area (Å²) in [6.07, 6.45) is 2.08. The maximum Gasteiger partial charge on any atom is 0.325 e. The molecular weight excluding hydrogens is 318 g/mol. The Morgan fingerprint density at radius 3 is 2.52 bits per heavy atom. The second-order valence-electron chi connectivity index (χ2n) is 6.88. The Balaban J connectivity index is 2.13. The zero-order chi connectivity index (χ0) is 18.4. The first kappa shape index (κ1) is 19.0. The summed E-state index contributed by atoms with van der Waals surface area (Å²) in [6, 6.07) is 8.70. The SMILES string of the molecule is CCC[C@@]1(c2ccccc2)NC(=O)N(CC(=O)NCCC(C)C)C1=O. The first-order valence-corrected chi connectivity index (χ1v) is 8.87. The second kappa shape index (κ2) is 8.14. The minimum atomic E-state index is -1.08. The number of amides is 4. The monoisotopic (exact) mass is 345 g/mol. The lowest BCUT2D eigenvalue weighted by atomic mass is 9.85. The van der Waals surface area contributed by atoms with E-state index in [2.05, 4.69) is 24.5 Å². The van der Waals surface area contributed by atoms with Gasteiger partial charge in [-0.1, -0.05) is 57.5 Å². The number of imide groups is 1. The summed E-state index contributed by atoms with van der Waals surface area (Å²) >= 11 is 0. The van der Waals surface area contributed by atoms with E-state index in [4.69, 9.17) is 0 Å². The number of urea groups is 1. The molecule has 0 bridgehead atoms. The largest absolute Gasteiger partial charge is 0.355 e. The van der Waals surface area contributed by atoms with Gasteiger partial charge in [0, 0.05) is 6.54 Å². The molecule has 1 atom stereocenters. The van der Waals surface area contributed by atoms with Gasteiger partial charge >= 0.3 is 6.03 Å². The van der Waals surface area contributed by atoms with Gasteiger partial charge in [0.15, 0.2) is 0 Å². The molecule has 25 heavy (non-hydrogen) atoms. The average Bonchev–Trinajstić information content (AvgIpc) is 2.81. The molecule has 0 unspecified atom stereocenters. The van der Waals surface area contributed by atoms with Crippen molar-refractivity contribution in [2.75, 3.05) is 13.1 Å². The number of rotatable bonds is 8. The Morgan fingerprint density at radius 2 is 1.92 bits per heavy atom. The molecule has 136 valence electrons. The molecule has 1 fully saturated rings. The third kappa shape index (κ3) is 4.18. The van der Waals surface area contributed by atoms with Crippen LogP contribution in [0.1, 0.15) is 45.6 Å². The Hall–Kier alpha value is -2.37. The number of carbonyl (C=O) groups is 3. The van der Waals surface area contributed by atoms with E-state index in [0.29, 0.717) is 18.9 Å². The molecule has 0 aromatic heterocycles.